The van der Waals surface area contributed by atoms with Gasteiger partial charge in [0.1, 0.15) is 0 Å². The fraction of sp³-hybridized carbons (Fsp3) is 0.368. The lowest BCUT2D eigenvalue weighted by Gasteiger charge is -2.34. The largest absolute Gasteiger partial charge is 0.385 e. The van der Waals surface area contributed by atoms with Gasteiger partial charge in [-0.25, -0.2) is 0 Å². The topological polar surface area (TPSA) is 27.3 Å². The number of benzene rings is 2. The molecule has 1 heterocycles. The minimum Gasteiger partial charge on any atom is -0.385 e. The minimum absolute atomic E-state index is 0.577. The minimum atomic E-state index is 0.577. The van der Waals surface area contributed by atoms with E-state index >= 15 is 0 Å². The Bertz CT molecular complexity index is 541. The normalized spacial score (nSPS) is 19.0. The Hall–Kier alpha value is -1.84. The van der Waals surface area contributed by atoms with Crippen LogP contribution >= 0.6 is 0 Å². The Kier molecular flexibility index (Phi) is 5.46. The van der Waals surface area contributed by atoms with E-state index in [1.807, 2.05) is 0 Å². The highest BCUT2D eigenvalue weighted by Crippen LogP contribution is 2.10. The molecular weight excluding hydrogens is 270 g/mol. The summed E-state index contributed by atoms with van der Waals surface area (Å²) >= 11 is 0. The predicted octanol–water partition coefficient (Wildman–Crippen LogP) is 2.96. The van der Waals surface area contributed by atoms with Gasteiger partial charge in [-0.15, -0.1) is 0 Å². The van der Waals surface area contributed by atoms with Crippen molar-refractivity contribution in [3.05, 3.63) is 66.2 Å². The molecule has 1 atom stereocenters. The van der Waals surface area contributed by atoms with Crippen molar-refractivity contribution in [1.29, 1.82) is 0 Å². The molecule has 0 aromatic heterocycles. The summed E-state index contributed by atoms with van der Waals surface area (Å²) in [7, 11) is 0. The van der Waals surface area contributed by atoms with E-state index in [1.165, 1.54) is 11.3 Å². The van der Waals surface area contributed by atoms with Gasteiger partial charge in [-0.05, 0) is 24.1 Å². The first kappa shape index (κ1) is 15.1. The second kappa shape index (κ2) is 7.97. The van der Waals surface area contributed by atoms with Crippen molar-refractivity contribution in [2.75, 3.05) is 31.5 Å². The number of anilines is 1. The molecule has 1 fully saturated rings. The number of hydrogen-bond acceptors (Lipinski definition) is 3. The Balaban J connectivity index is 1.42. The van der Waals surface area contributed by atoms with Gasteiger partial charge in [0.05, 0.1) is 0 Å². The highest BCUT2D eigenvalue weighted by molar-refractivity contribution is 5.42. The standard InChI is InChI=1S/C19H25N3/c1-3-7-17(8-4-1)15-22-14-13-21-19(16-22)11-12-20-18-9-5-2-6-10-18/h1-10,19-21H,11-16H2. The molecule has 0 saturated carbocycles. The summed E-state index contributed by atoms with van der Waals surface area (Å²) in [6.07, 6.45) is 1.15. The molecule has 3 heteroatoms. The lowest BCUT2D eigenvalue weighted by molar-refractivity contribution is 0.189. The molecule has 2 aromatic carbocycles. The average molecular weight is 295 g/mol. The van der Waals surface area contributed by atoms with Crippen LogP contribution in [-0.4, -0.2) is 37.1 Å². The molecule has 2 aromatic rings. The highest BCUT2D eigenvalue weighted by atomic mass is 15.2. The van der Waals surface area contributed by atoms with Crippen LogP contribution in [0.1, 0.15) is 12.0 Å². The summed E-state index contributed by atoms with van der Waals surface area (Å²) < 4.78 is 0. The number of nitrogens with one attached hydrogen (secondary N) is 2. The lowest BCUT2D eigenvalue weighted by Crippen LogP contribution is -2.50. The molecule has 1 aliphatic rings. The van der Waals surface area contributed by atoms with Crippen molar-refractivity contribution in [3.63, 3.8) is 0 Å². The Labute approximate surface area is 133 Å². The lowest BCUT2D eigenvalue weighted by atomic mass is 10.1. The summed E-state index contributed by atoms with van der Waals surface area (Å²) in [5.74, 6) is 0. The van der Waals surface area contributed by atoms with E-state index in [-0.39, 0.29) is 0 Å². The molecule has 0 aliphatic carbocycles. The summed E-state index contributed by atoms with van der Waals surface area (Å²) in [5, 5.41) is 7.14. The zero-order valence-corrected chi connectivity index (χ0v) is 13.0. The van der Waals surface area contributed by atoms with Crippen molar-refractivity contribution in [2.45, 2.75) is 19.0 Å². The maximum Gasteiger partial charge on any atom is 0.0340 e. The van der Waals surface area contributed by atoms with Gasteiger partial charge in [-0.2, -0.15) is 0 Å². The monoisotopic (exact) mass is 295 g/mol. The van der Waals surface area contributed by atoms with Gasteiger partial charge in [0.2, 0.25) is 0 Å². The molecule has 0 radical (unpaired) electrons. The van der Waals surface area contributed by atoms with Crippen LogP contribution in [0, 0.1) is 0 Å². The summed E-state index contributed by atoms with van der Waals surface area (Å²) in [6.45, 7) is 5.43. The van der Waals surface area contributed by atoms with Gasteiger partial charge >= 0.3 is 0 Å². The van der Waals surface area contributed by atoms with Gasteiger partial charge < -0.3 is 10.6 Å². The first-order valence-corrected chi connectivity index (χ1v) is 8.19. The first-order valence-electron chi connectivity index (χ1n) is 8.19. The fourth-order valence-corrected chi connectivity index (χ4v) is 3.02. The molecule has 22 heavy (non-hydrogen) atoms. The Morgan fingerprint density at radius 3 is 2.50 bits per heavy atom. The van der Waals surface area contributed by atoms with Crippen LogP contribution in [0.15, 0.2) is 60.7 Å². The van der Waals surface area contributed by atoms with E-state index < -0.39 is 0 Å². The van der Waals surface area contributed by atoms with E-state index in [2.05, 4.69) is 76.2 Å². The van der Waals surface area contributed by atoms with Gasteiger partial charge in [0.25, 0.3) is 0 Å². The maximum atomic E-state index is 3.64. The van der Waals surface area contributed by atoms with Crippen molar-refractivity contribution in [3.8, 4) is 0 Å². The van der Waals surface area contributed by atoms with Crippen LogP contribution in [0.4, 0.5) is 5.69 Å². The first-order chi connectivity index (χ1) is 10.9. The molecule has 1 unspecified atom stereocenters. The maximum absolute atomic E-state index is 3.64. The van der Waals surface area contributed by atoms with Crippen LogP contribution in [0.25, 0.3) is 0 Å². The fourth-order valence-electron chi connectivity index (χ4n) is 3.02. The molecule has 1 saturated heterocycles. The smallest absolute Gasteiger partial charge is 0.0340 e. The summed E-state index contributed by atoms with van der Waals surface area (Å²) in [6, 6.07) is 21.8. The van der Waals surface area contributed by atoms with E-state index in [4.69, 9.17) is 0 Å². The highest BCUT2D eigenvalue weighted by Gasteiger charge is 2.18. The van der Waals surface area contributed by atoms with Crippen LogP contribution in [0.5, 0.6) is 0 Å². The van der Waals surface area contributed by atoms with Crippen molar-refractivity contribution in [1.82, 2.24) is 10.2 Å². The van der Waals surface area contributed by atoms with E-state index in [0.717, 1.165) is 39.1 Å². The zero-order chi connectivity index (χ0) is 15.0. The molecule has 116 valence electrons. The number of piperazine rings is 1. The van der Waals surface area contributed by atoms with Gasteiger partial charge in [0.15, 0.2) is 0 Å². The molecule has 1 aliphatic heterocycles. The van der Waals surface area contributed by atoms with Crippen molar-refractivity contribution in [2.24, 2.45) is 0 Å². The van der Waals surface area contributed by atoms with Gasteiger partial charge in [-0.3, -0.25) is 4.90 Å². The summed E-state index contributed by atoms with van der Waals surface area (Å²) in [4.78, 5) is 2.55. The SMILES string of the molecule is c1ccc(CN2CCNC(CCNc3ccccc3)C2)cc1. The zero-order valence-electron chi connectivity index (χ0n) is 13.0. The molecule has 3 rings (SSSR count). The van der Waals surface area contributed by atoms with Crippen molar-refractivity contribution >= 4 is 5.69 Å². The third kappa shape index (κ3) is 4.58. The molecule has 3 nitrogen and oxygen atoms in total. The van der Waals surface area contributed by atoms with Crippen LogP contribution in [0.3, 0.4) is 0 Å². The molecule has 0 amide bonds. The third-order valence-electron chi connectivity index (χ3n) is 4.18. The number of rotatable bonds is 6. The van der Waals surface area contributed by atoms with E-state index in [1.54, 1.807) is 0 Å². The van der Waals surface area contributed by atoms with E-state index in [9.17, 15) is 0 Å². The predicted molar refractivity (Wildman–Crippen MR) is 93.1 cm³/mol. The molecular formula is C19H25N3. The molecule has 0 bridgehead atoms. The number of nitrogens with zero attached hydrogens (tertiary/aromatic N) is 1. The second-order valence-corrected chi connectivity index (χ2v) is 5.95. The second-order valence-electron chi connectivity index (χ2n) is 5.95. The molecule has 2 N–H and O–H groups in total. The van der Waals surface area contributed by atoms with Gasteiger partial charge in [-0.1, -0.05) is 48.5 Å². The Morgan fingerprint density at radius 2 is 1.73 bits per heavy atom. The van der Waals surface area contributed by atoms with Gasteiger partial charge in [0, 0.05) is 44.5 Å². The van der Waals surface area contributed by atoms with Crippen LogP contribution in [0.2, 0.25) is 0 Å². The van der Waals surface area contributed by atoms with Crippen molar-refractivity contribution < 1.29 is 0 Å². The summed E-state index contributed by atoms with van der Waals surface area (Å²) in [5.41, 5.74) is 2.62. The Morgan fingerprint density at radius 1 is 1.00 bits per heavy atom. The number of hydrogen-bond donors (Lipinski definition) is 2. The average Bonchev–Trinajstić information content (AvgIpc) is 2.57. The third-order valence-corrected chi connectivity index (χ3v) is 4.18. The van der Waals surface area contributed by atoms with Crippen LogP contribution < -0.4 is 10.6 Å². The van der Waals surface area contributed by atoms with Crippen LogP contribution in [-0.2, 0) is 6.54 Å². The molecule has 0 spiro atoms. The van der Waals surface area contributed by atoms with E-state index in [0.29, 0.717) is 6.04 Å². The number of para-hydroxylation sites is 1. The quantitative estimate of drug-likeness (QED) is 0.858.